The number of nitro groups is 1. The van der Waals surface area contributed by atoms with Crippen LogP contribution in [-0.4, -0.2) is 45.9 Å². The van der Waals surface area contributed by atoms with Gasteiger partial charge in [0, 0.05) is 23.4 Å². The molecule has 0 spiro atoms. The second kappa shape index (κ2) is 7.85. The molecule has 1 N–H and O–H groups in total. The molecule has 1 heterocycles. The normalized spacial score (nSPS) is 17.2. The summed E-state index contributed by atoms with van der Waals surface area (Å²) in [4.78, 5) is 36.9. The van der Waals surface area contributed by atoms with Crippen LogP contribution >= 0.6 is 23.4 Å². The molecule has 1 aliphatic heterocycles. The standard InChI is InChI=1S/C15H18ClN3O4S/c1-9(2)6-17-14(20)13-7-24-8-18(13)15(21)11-4-3-10(16)5-12(11)19(22)23/h3-5,9,13H,6-8H2,1-2H3,(H,17,20). The van der Waals surface area contributed by atoms with Gasteiger partial charge in [0.25, 0.3) is 11.6 Å². The van der Waals surface area contributed by atoms with Crippen LogP contribution in [0.5, 0.6) is 0 Å². The van der Waals surface area contributed by atoms with Crippen molar-refractivity contribution in [1.82, 2.24) is 10.2 Å². The average molecular weight is 372 g/mol. The van der Waals surface area contributed by atoms with E-state index < -0.39 is 16.9 Å². The molecule has 0 bridgehead atoms. The Labute approximate surface area is 148 Å². The van der Waals surface area contributed by atoms with Crippen molar-refractivity contribution in [3.8, 4) is 0 Å². The lowest BCUT2D eigenvalue weighted by Gasteiger charge is -2.23. The lowest BCUT2D eigenvalue weighted by molar-refractivity contribution is -0.385. The number of nitrogens with zero attached hydrogens (tertiary/aromatic N) is 2. The van der Waals surface area contributed by atoms with E-state index >= 15 is 0 Å². The van der Waals surface area contributed by atoms with Gasteiger partial charge in [-0.25, -0.2) is 0 Å². The molecule has 0 saturated carbocycles. The minimum atomic E-state index is -0.643. The molecule has 2 amide bonds. The second-order valence-electron chi connectivity index (χ2n) is 5.85. The van der Waals surface area contributed by atoms with Gasteiger partial charge in [-0.05, 0) is 18.1 Å². The first-order chi connectivity index (χ1) is 11.3. The Morgan fingerprint density at radius 2 is 2.21 bits per heavy atom. The van der Waals surface area contributed by atoms with E-state index in [1.807, 2.05) is 13.8 Å². The number of rotatable bonds is 5. The fourth-order valence-corrected chi connectivity index (χ4v) is 3.59. The molecule has 1 unspecified atom stereocenters. The van der Waals surface area contributed by atoms with Crippen molar-refractivity contribution in [3.05, 3.63) is 38.9 Å². The van der Waals surface area contributed by atoms with Crippen molar-refractivity contribution in [2.24, 2.45) is 5.92 Å². The first kappa shape index (κ1) is 18.5. The predicted molar refractivity (Wildman–Crippen MR) is 93.2 cm³/mol. The van der Waals surface area contributed by atoms with Gasteiger partial charge < -0.3 is 10.2 Å². The van der Waals surface area contributed by atoms with Crippen LogP contribution in [0.15, 0.2) is 18.2 Å². The third-order valence-corrected chi connectivity index (χ3v) is 4.76. The molecule has 2 rings (SSSR count). The molecule has 1 aromatic rings. The fraction of sp³-hybridized carbons (Fsp3) is 0.467. The first-order valence-corrected chi connectivity index (χ1v) is 8.95. The number of hydrogen-bond acceptors (Lipinski definition) is 5. The van der Waals surface area contributed by atoms with Crippen LogP contribution in [0.3, 0.4) is 0 Å². The molecule has 1 aliphatic rings. The summed E-state index contributed by atoms with van der Waals surface area (Å²) in [5.41, 5.74) is -0.417. The van der Waals surface area contributed by atoms with Gasteiger partial charge in [0.2, 0.25) is 5.91 Å². The minimum Gasteiger partial charge on any atom is -0.354 e. The van der Waals surface area contributed by atoms with Crippen LogP contribution in [0.2, 0.25) is 5.02 Å². The van der Waals surface area contributed by atoms with Crippen LogP contribution in [0.25, 0.3) is 0 Å². The first-order valence-electron chi connectivity index (χ1n) is 7.41. The van der Waals surface area contributed by atoms with Crippen LogP contribution in [0, 0.1) is 16.0 Å². The zero-order valence-corrected chi connectivity index (χ0v) is 14.9. The highest BCUT2D eigenvalue weighted by Gasteiger charge is 2.37. The highest BCUT2D eigenvalue weighted by Crippen LogP contribution is 2.29. The molecule has 7 nitrogen and oxygen atoms in total. The number of carbonyl (C=O) groups is 2. The number of nitrogens with one attached hydrogen (secondary N) is 1. The minimum absolute atomic E-state index is 0.0615. The maximum atomic E-state index is 12.7. The Hall–Kier alpha value is -1.80. The van der Waals surface area contributed by atoms with E-state index in [1.54, 1.807) is 0 Å². The van der Waals surface area contributed by atoms with E-state index in [2.05, 4.69) is 5.32 Å². The number of benzene rings is 1. The summed E-state index contributed by atoms with van der Waals surface area (Å²) in [6.45, 7) is 4.47. The molecule has 1 fully saturated rings. The van der Waals surface area contributed by atoms with Gasteiger partial charge in [-0.15, -0.1) is 11.8 Å². The maximum Gasteiger partial charge on any atom is 0.283 e. The van der Waals surface area contributed by atoms with Gasteiger partial charge >= 0.3 is 0 Å². The van der Waals surface area contributed by atoms with Crippen molar-refractivity contribution >= 4 is 40.9 Å². The summed E-state index contributed by atoms with van der Waals surface area (Å²) in [5, 5.41) is 14.2. The quantitative estimate of drug-likeness (QED) is 0.634. The Morgan fingerprint density at radius 3 is 2.83 bits per heavy atom. The molecule has 1 saturated heterocycles. The average Bonchev–Trinajstić information content (AvgIpc) is 3.01. The summed E-state index contributed by atoms with van der Waals surface area (Å²) in [6.07, 6.45) is 0. The van der Waals surface area contributed by atoms with E-state index in [1.165, 1.54) is 28.8 Å². The van der Waals surface area contributed by atoms with Gasteiger partial charge in [0.15, 0.2) is 0 Å². The van der Waals surface area contributed by atoms with Crippen LogP contribution in [0.1, 0.15) is 24.2 Å². The molecule has 0 aliphatic carbocycles. The number of carbonyl (C=O) groups excluding carboxylic acids is 2. The summed E-state index contributed by atoms with van der Waals surface area (Å²) < 4.78 is 0. The van der Waals surface area contributed by atoms with Crippen molar-refractivity contribution < 1.29 is 14.5 Å². The van der Waals surface area contributed by atoms with Crippen molar-refractivity contribution in [2.75, 3.05) is 18.2 Å². The van der Waals surface area contributed by atoms with Crippen molar-refractivity contribution in [2.45, 2.75) is 19.9 Å². The number of thioether (sulfide) groups is 1. The van der Waals surface area contributed by atoms with E-state index in [-0.39, 0.29) is 22.2 Å². The van der Waals surface area contributed by atoms with Gasteiger partial charge in [-0.2, -0.15) is 0 Å². The van der Waals surface area contributed by atoms with Gasteiger partial charge in [0.05, 0.1) is 10.8 Å². The molecule has 24 heavy (non-hydrogen) atoms. The zero-order valence-electron chi connectivity index (χ0n) is 13.3. The fourth-order valence-electron chi connectivity index (χ4n) is 2.27. The predicted octanol–water partition coefficient (Wildman–Crippen LogP) is 2.54. The SMILES string of the molecule is CC(C)CNC(=O)C1CSCN1C(=O)c1ccc(Cl)cc1[N+](=O)[O-]. The Balaban J connectivity index is 2.22. The van der Waals surface area contributed by atoms with E-state index in [9.17, 15) is 19.7 Å². The number of halogens is 1. The molecule has 1 atom stereocenters. The van der Waals surface area contributed by atoms with Crippen LogP contribution < -0.4 is 5.32 Å². The second-order valence-corrected chi connectivity index (χ2v) is 7.28. The Morgan fingerprint density at radius 1 is 1.50 bits per heavy atom. The molecule has 0 radical (unpaired) electrons. The van der Waals surface area contributed by atoms with E-state index in [0.29, 0.717) is 24.1 Å². The number of amides is 2. The summed E-state index contributed by atoms with van der Waals surface area (Å²) in [7, 11) is 0. The smallest absolute Gasteiger partial charge is 0.283 e. The van der Waals surface area contributed by atoms with E-state index in [4.69, 9.17) is 11.6 Å². The highest BCUT2D eigenvalue weighted by atomic mass is 35.5. The molecule has 1 aromatic carbocycles. The van der Waals surface area contributed by atoms with Crippen molar-refractivity contribution in [1.29, 1.82) is 0 Å². The van der Waals surface area contributed by atoms with E-state index in [0.717, 1.165) is 6.07 Å². The monoisotopic (exact) mass is 371 g/mol. The molecular formula is C15H18ClN3O4S. The lowest BCUT2D eigenvalue weighted by atomic mass is 10.1. The van der Waals surface area contributed by atoms with Gasteiger partial charge in [-0.1, -0.05) is 25.4 Å². The maximum absolute atomic E-state index is 12.7. The number of hydrogen-bond donors (Lipinski definition) is 1. The van der Waals surface area contributed by atoms with Crippen molar-refractivity contribution in [3.63, 3.8) is 0 Å². The molecule has 0 aromatic heterocycles. The van der Waals surface area contributed by atoms with Gasteiger partial charge in [-0.3, -0.25) is 19.7 Å². The molecule has 9 heteroatoms. The molecule has 130 valence electrons. The largest absolute Gasteiger partial charge is 0.354 e. The summed E-state index contributed by atoms with van der Waals surface area (Å²) >= 11 is 7.22. The third-order valence-electron chi connectivity index (χ3n) is 3.52. The van der Waals surface area contributed by atoms with Gasteiger partial charge in [0.1, 0.15) is 11.6 Å². The van der Waals surface area contributed by atoms with Crippen LogP contribution in [-0.2, 0) is 4.79 Å². The summed E-state index contributed by atoms with van der Waals surface area (Å²) in [6, 6.07) is 3.27. The third kappa shape index (κ3) is 4.18. The Bertz CT molecular complexity index is 668. The topological polar surface area (TPSA) is 92.6 Å². The lowest BCUT2D eigenvalue weighted by Crippen LogP contribution is -2.48. The number of nitro benzene ring substituents is 1. The summed E-state index contributed by atoms with van der Waals surface area (Å²) in [5.74, 6) is 0.311. The highest BCUT2D eigenvalue weighted by molar-refractivity contribution is 7.99. The Kier molecular flexibility index (Phi) is 6.06. The van der Waals surface area contributed by atoms with Crippen LogP contribution in [0.4, 0.5) is 5.69 Å². The zero-order chi connectivity index (χ0) is 17.9. The molecular weight excluding hydrogens is 354 g/mol.